The van der Waals surface area contributed by atoms with E-state index >= 15 is 0 Å². The molecule has 32 heavy (non-hydrogen) atoms. The van der Waals surface area contributed by atoms with Crippen molar-refractivity contribution in [3.05, 3.63) is 46.7 Å². The Hall–Kier alpha value is -3.19. The van der Waals surface area contributed by atoms with Crippen molar-refractivity contribution in [1.82, 2.24) is 4.90 Å². The number of fused-ring (bicyclic) bond motifs is 1. The summed E-state index contributed by atoms with van der Waals surface area (Å²) in [5, 5.41) is 10.5. The second-order valence-corrected chi connectivity index (χ2v) is 8.29. The number of rotatable bonds is 6. The molecule has 0 spiro atoms. The second-order valence-electron chi connectivity index (χ2n) is 8.29. The number of piperidine rings is 1. The Morgan fingerprint density at radius 3 is 2.38 bits per heavy atom. The van der Waals surface area contributed by atoms with Gasteiger partial charge in [0.2, 0.25) is 5.78 Å². The van der Waals surface area contributed by atoms with Crippen LogP contribution >= 0.6 is 0 Å². The van der Waals surface area contributed by atoms with Gasteiger partial charge in [-0.2, -0.15) is 0 Å². The maximum Gasteiger partial charge on any atom is 0.231 e. The Balaban J connectivity index is 1.67. The zero-order valence-corrected chi connectivity index (χ0v) is 18.9. The normalized spacial score (nSPS) is 17.9. The number of allylic oxidation sites excluding steroid dienone is 1. The van der Waals surface area contributed by atoms with Gasteiger partial charge in [0.15, 0.2) is 17.3 Å². The highest BCUT2D eigenvalue weighted by Crippen LogP contribution is 2.42. The van der Waals surface area contributed by atoms with Crippen LogP contribution in [0.3, 0.4) is 0 Å². The van der Waals surface area contributed by atoms with Crippen LogP contribution in [0.1, 0.15) is 41.3 Å². The first-order chi connectivity index (χ1) is 15.4. The summed E-state index contributed by atoms with van der Waals surface area (Å²) in [5.41, 5.74) is 1.72. The van der Waals surface area contributed by atoms with E-state index in [4.69, 9.17) is 18.9 Å². The summed E-state index contributed by atoms with van der Waals surface area (Å²) in [6.07, 6.45) is 3.88. The van der Waals surface area contributed by atoms with Crippen LogP contribution < -0.4 is 18.9 Å². The average Bonchev–Trinajstić information content (AvgIpc) is 3.12. The fourth-order valence-corrected chi connectivity index (χ4v) is 4.20. The summed E-state index contributed by atoms with van der Waals surface area (Å²) < 4.78 is 22.2. The molecule has 2 aliphatic heterocycles. The van der Waals surface area contributed by atoms with Gasteiger partial charge in [-0.3, -0.25) is 9.69 Å². The number of ether oxygens (including phenoxy) is 4. The van der Waals surface area contributed by atoms with E-state index in [1.165, 1.54) is 0 Å². The SMILES string of the molecule is COc1cc(OC)c(OC)cc1C=C1Oc2c(ccc(O)c2CN2CCC(C)CC2)C1=O. The molecule has 0 radical (unpaired) electrons. The number of carbonyl (C=O) groups is 1. The molecule has 7 heteroatoms. The fourth-order valence-electron chi connectivity index (χ4n) is 4.20. The van der Waals surface area contributed by atoms with Gasteiger partial charge in [0.25, 0.3) is 0 Å². The van der Waals surface area contributed by atoms with Gasteiger partial charge in [-0.15, -0.1) is 0 Å². The molecule has 0 aromatic heterocycles. The van der Waals surface area contributed by atoms with Crippen molar-refractivity contribution in [3.8, 4) is 28.7 Å². The molecule has 2 aromatic carbocycles. The monoisotopic (exact) mass is 439 g/mol. The summed E-state index contributed by atoms with van der Waals surface area (Å²) in [6, 6.07) is 6.62. The van der Waals surface area contributed by atoms with Crippen molar-refractivity contribution in [2.24, 2.45) is 5.92 Å². The van der Waals surface area contributed by atoms with Gasteiger partial charge in [0, 0.05) is 18.2 Å². The minimum atomic E-state index is -0.231. The largest absolute Gasteiger partial charge is 0.507 e. The van der Waals surface area contributed by atoms with E-state index in [-0.39, 0.29) is 17.3 Å². The number of Topliss-reactive ketones (excluding diaryl/α,β-unsaturated/α-hetero) is 1. The van der Waals surface area contributed by atoms with E-state index in [0.717, 1.165) is 25.9 Å². The van der Waals surface area contributed by atoms with Gasteiger partial charge in [0.05, 0.1) is 32.5 Å². The van der Waals surface area contributed by atoms with Crippen LogP contribution in [0.2, 0.25) is 0 Å². The molecule has 1 fully saturated rings. The lowest BCUT2D eigenvalue weighted by atomic mass is 9.98. The van der Waals surface area contributed by atoms with E-state index in [2.05, 4.69) is 11.8 Å². The first-order valence-electron chi connectivity index (χ1n) is 10.8. The van der Waals surface area contributed by atoms with Crippen molar-refractivity contribution in [3.63, 3.8) is 0 Å². The van der Waals surface area contributed by atoms with Gasteiger partial charge >= 0.3 is 0 Å². The number of hydrogen-bond acceptors (Lipinski definition) is 7. The molecule has 2 aromatic rings. The number of hydrogen-bond donors (Lipinski definition) is 1. The third-order valence-electron chi connectivity index (χ3n) is 6.20. The van der Waals surface area contributed by atoms with Crippen molar-refractivity contribution in [2.45, 2.75) is 26.3 Å². The fraction of sp³-hybridized carbons (Fsp3) is 0.400. The molecule has 0 unspecified atom stereocenters. The van der Waals surface area contributed by atoms with Crippen molar-refractivity contribution in [2.75, 3.05) is 34.4 Å². The Kier molecular flexibility index (Phi) is 6.28. The lowest BCUT2D eigenvalue weighted by Gasteiger charge is -2.30. The van der Waals surface area contributed by atoms with E-state index in [9.17, 15) is 9.90 Å². The number of carbonyl (C=O) groups excluding carboxylic acids is 1. The van der Waals surface area contributed by atoms with Gasteiger partial charge in [0.1, 0.15) is 17.2 Å². The van der Waals surface area contributed by atoms with E-state index in [1.807, 2.05) is 0 Å². The second kappa shape index (κ2) is 9.12. The zero-order valence-electron chi connectivity index (χ0n) is 18.9. The molecule has 0 aliphatic carbocycles. The molecule has 2 aliphatic rings. The number of phenols is 1. The minimum absolute atomic E-state index is 0.139. The Morgan fingerprint density at radius 2 is 1.72 bits per heavy atom. The smallest absolute Gasteiger partial charge is 0.231 e. The lowest BCUT2D eigenvalue weighted by Crippen LogP contribution is -2.32. The van der Waals surface area contributed by atoms with Crippen molar-refractivity contribution >= 4 is 11.9 Å². The number of benzene rings is 2. The third kappa shape index (κ3) is 4.12. The summed E-state index contributed by atoms with van der Waals surface area (Å²) in [6.45, 7) is 4.73. The first-order valence-corrected chi connectivity index (χ1v) is 10.8. The number of likely N-dealkylation sites (tertiary alicyclic amines) is 1. The highest BCUT2D eigenvalue weighted by Gasteiger charge is 2.32. The predicted molar refractivity (Wildman–Crippen MR) is 121 cm³/mol. The van der Waals surface area contributed by atoms with Crippen molar-refractivity contribution in [1.29, 1.82) is 0 Å². The van der Waals surface area contributed by atoms with E-state index in [0.29, 0.717) is 52.2 Å². The lowest BCUT2D eigenvalue weighted by molar-refractivity contribution is 0.101. The highest BCUT2D eigenvalue weighted by molar-refractivity contribution is 6.15. The van der Waals surface area contributed by atoms with Crippen molar-refractivity contribution < 1.29 is 28.8 Å². The Labute approximate surface area is 188 Å². The minimum Gasteiger partial charge on any atom is -0.507 e. The van der Waals surface area contributed by atoms with Crippen LogP contribution in [-0.2, 0) is 6.54 Å². The van der Waals surface area contributed by atoms with Crippen LogP contribution in [-0.4, -0.2) is 50.2 Å². The molecular formula is C25H29NO6. The van der Waals surface area contributed by atoms with E-state index in [1.54, 1.807) is 51.7 Å². The molecule has 0 bridgehead atoms. The quantitative estimate of drug-likeness (QED) is 0.674. The highest BCUT2D eigenvalue weighted by atomic mass is 16.5. The maximum atomic E-state index is 13.1. The van der Waals surface area contributed by atoms with Crippen LogP contribution in [0.15, 0.2) is 30.0 Å². The topological polar surface area (TPSA) is 77.5 Å². The summed E-state index contributed by atoms with van der Waals surface area (Å²) in [4.78, 5) is 15.4. The van der Waals surface area contributed by atoms with E-state index < -0.39 is 0 Å². The number of methoxy groups -OCH3 is 3. The Bertz CT molecular complexity index is 1050. The molecule has 1 saturated heterocycles. The number of aromatic hydroxyl groups is 1. The maximum absolute atomic E-state index is 13.1. The van der Waals surface area contributed by atoms with Gasteiger partial charge in [-0.25, -0.2) is 0 Å². The number of nitrogens with zero attached hydrogens (tertiary/aromatic N) is 1. The molecule has 4 rings (SSSR count). The molecule has 2 heterocycles. The van der Waals surface area contributed by atoms with Gasteiger partial charge < -0.3 is 24.1 Å². The molecule has 170 valence electrons. The van der Waals surface area contributed by atoms with Crippen LogP contribution in [0.5, 0.6) is 28.7 Å². The zero-order chi connectivity index (χ0) is 22.8. The van der Waals surface area contributed by atoms with Crippen LogP contribution in [0, 0.1) is 5.92 Å². The summed E-state index contributed by atoms with van der Waals surface area (Å²) in [5.74, 6) is 2.78. The predicted octanol–water partition coefficient (Wildman–Crippen LogP) is 4.27. The van der Waals surface area contributed by atoms with Crippen LogP contribution in [0.4, 0.5) is 0 Å². The Morgan fingerprint density at radius 1 is 1.06 bits per heavy atom. The molecule has 0 saturated carbocycles. The molecule has 0 atom stereocenters. The summed E-state index contributed by atoms with van der Waals surface area (Å²) in [7, 11) is 4.64. The van der Waals surface area contributed by atoms with Gasteiger partial charge in [-0.05, 0) is 56.1 Å². The molecule has 0 amide bonds. The molecule has 1 N–H and O–H groups in total. The summed E-state index contributed by atoms with van der Waals surface area (Å²) >= 11 is 0. The number of ketones is 1. The molecular weight excluding hydrogens is 410 g/mol. The first kappa shape index (κ1) is 22.0. The standard InChI is InChI=1S/C25H29NO6/c1-15-7-9-26(10-8-15)14-18-19(27)6-5-17-24(28)23(32-25(17)18)12-16-11-21(30-3)22(31-4)13-20(16)29-2/h5-6,11-13,15,27H,7-10,14H2,1-4H3. The average molecular weight is 440 g/mol. The van der Waals surface area contributed by atoms with Crippen LogP contribution in [0.25, 0.3) is 6.08 Å². The van der Waals surface area contributed by atoms with Gasteiger partial charge in [-0.1, -0.05) is 6.92 Å². The number of phenolic OH excluding ortho intramolecular Hbond substituents is 1. The third-order valence-corrected chi connectivity index (χ3v) is 6.20. The molecule has 7 nitrogen and oxygen atoms in total.